The molecule has 1 fully saturated rings. The maximum absolute atomic E-state index is 13.5. The second kappa shape index (κ2) is 5.39. The van der Waals surface area contributed by atoms with Crippen LogP contribution in [0.2, 0.25) is 0 Å². The van der Waals surface area contributed by atoms with Crippen LogP contribution in [-0.4, -0.2) is 18.8 Å². The van der Waals surface area contributed by atoms with Crippen molar-refractivity contribution in [2.75, 3.05) is 17.7 Å². The molecule has 2 unspecified atom stereocenters. The molecule has 1 aromatic carbocycles. The molecule has 3 N–H and O–H groups in total. The topological polar surface area (TPSA) is 47.3 Å². The van der Waals surface area contributed by atoms with E-state index in [0.29, 0.717) is 14.9 Å². The zero-order valence-corrected chi connectivity index (χ0v) is 11.8. The molecule has 94 valence electrons. The first-order valence-corrected chi connectivity index (χ1v) is 6.78. The molecule has 1 saturated heterocycles. The molecule has 1 aromatic rings. The number of nitrogen functional groups attached to an aromatic ring is 1. The molecule has 0 aromatic heterocycles. The normalized spacial score (nSPS) is 21.5. The molecule has 2 rings (SSSR count). The molecule has 0 bridgehead atoms. The summed E-state index contributed by atoms with van der Waals surface area (Å²) >= 11 is 1.93. The minimum absolute atomic E-state index is 0.138. The van der Waals surface area contributed by atoms with Gasteiger partial charge in [-0.25, -0.2) is 4.39 Å². The Kier molecular flexibility index (Phi) is 4.09. The van der Waals surface area contributed by atoms with Gasteiger partial charge in [0.05, 0.1) is 21.0 Å². The summed E-state index contributed by atoms with van der Waals surface area (Å²) in [7, 11) is 0. The number of nitrogens with two attached hydrogens (primary N) is 1. The highest BCUT2D eigenvalue weighted by atomic mass is 127. The number of ether oxygens (including phenoxy) is 1. The van der Waals surface area contributed by atoms with E-state index in [4.69, 9.17) is 10.5 Å². The van der Waals surface area contributed by atoms with Crippen molar-refractivity contribution in [2.24, 2.45) is 0 Å². The summed E-state index contributed by atoms with van der Waals surface area (Å²) in [6.45, 7) is 2.85. The van der Waals surface area contributed by atoms with E-state index in [1.165, 1.54) is 6.07 Å². The Hall–Kier alpha value is -0.560. The first kappa shape index (κ1) is 12.9. The van der Waals surface area contributed by atoms with Gasteiger partial charge >= 0.3 is 0 Å². The van der Waals surface area contributed by atoms with Crippen molar-refractivity contribution in [1.29, 1.82) is 0 Å². The van der Waals surface area contributed by atoms with Crippen molar-refractivity contribution in [2.45, 2.75) is 31.9 Å². The number of benzene rings is 1. The molecule has 0 spiro atoms. The molecule has 1 heterocycles. The van der Waals surface area contributed by atoms with Gasteiger partial charge in [0, 0.05) is 18.7 Å². The van der Waals surface area contributed by atoms with Gasteiger partial charge in [0.1, 0.15) is 5.82 Å². The van der Waals surface area contributed by atoms with Crippen molar-refractivity contribution < 1.29 is 9.13 Å². The number of anilines is 2. The van der Waals surface area contributed by atoms with Crippen LogP contribution in [0.3, 0.4) is 0 Å². The van der Waals surface area contributed by atoms with Gasteiger partial charge in [-0.05, 0) is 48.4 Å². The number of rotatable bonds is 3. The Morgan fingerprint density at radius 3 is 3.00 bits per heavy atom. The smallest absolute Gasteiger partial charge is 0.138 e. The second-order valence-electron chi connectivity index (χ2n) is 4.34. The summed E-state index contributed by atoms with van der Waals surface area (Å²) in [4.78, 5) is 0. The standard InChI is InChI=1S/C12H16FIN2O/c1-7(12-3-2-4-17-12)16-11-5-8(13)9(14)6-10(11)15/h5-7,12,16H,2-4,15H2,1H3. The predicted octanol–water partition coefficient (Wildman–Crippen LogP) is 2.99. The number of nitrogens with one attached hydrogen (secondary N) is 1. The van der Waals surface area contributed by atoms with E-state index in [2.05, 4.69) is 5.32 Å². The molecular formula is C12H16FIN2O. The lowest BCUT2D eigenvalue weighted by Gasteiger charge is -2.22. The number of hydrogen-bond donors (Lipinski definition) is 2. The van der Waals surface area contributed by atoms with E-state index in [9.17, 15) is 4.39 Å². The van der Waals surface area contributed by atoms with E-state index in [1.54, 1.807) is 6.07 Å². The Bertz CT molecular complexity index is 408. The van der Waals surface area contributed by atoms with Gasteiger partial charge in [-0.3, -0.25) is 0 Å². The van der Waals surface area contributed by atoms with Crippen LogP contribution in [0, 0.1) is 9.39 Å². The average molecular weight is 350 g/mol. The van der Waals surface area contributed by atoms with E-state index in [1.807, 2.05) is 29.5 Å². The van der Waals surface area contributed by atoms with Crippen LogP contribution >= 0.6 is 22.6 Å². The number of hydrogen-bond acceptors (Lipinski definition) is 3. The maximum Gasteiger partial charge on any atom is 0.138 e. The molecule has 0 amide bonds. The van der Waals surface area contributed by atoms with Crippen LogP contribution < -0.4 is 11.1 Å². The molecular weight excluding hydrogens is 334 g/mol. The molecule has 0 saturated carbocycles. The van der Waals surface area contributed by atoms with Crippen molar-refractivity contribution in [3.63, 3.8) is 0 Å². The molecule has 0 aliphatic carbocycles. The SMILES string of the molecule is CC(Nc1cc(F)c(I)cc1N)C1CCCO1. The third kappa shape index (κ3) is 3.01. The van der Waals surface area contributed by atoms with Gasteiger partial charge in [-0.2, -0.15) is 0 Å². The molecule has 0 radical (unpaired) electrons. The summed E-state index contributed by atoms with van der Waals surface area (Å²) in [6.07, 6.45) is 2.32. The minimum Gasteiger partial charge on any atom is -0.397 e. The largest absolute Gasteiger partial charge is 0.397 e. The fourth-order valence-corrected chi connectivity index (χ4v) is 2.51. The Labute approximate surface area is 114 Å². The fourth-order valence-electron chi connectivity index (χ4n) is 2.02. The highest BCUT2D eigenvalue weighted by molar-refractivity contribution is 14.1. The van der Waals surface area contributed by atoms with E-state index < -0.39 is 0 Å². The van der Waals surface area contributed by atoms with Gasteiger partial charge in [-0.1, -0.05) is 0 Å². The quantitative estimate of drug-likeness (QED) is 0.651. The van der Waals surface area contributed by atoms with Gasteiger partial charge < -0.3 is 15.8 Å². The van der Waals surface area contributed by atoms with Crippen LogP contribution in [0.15, 0.2) is 12.1 Å². The maximum atomic E-state index is 13.5. The lowest BCUT2D eigenvalue weighted by molar-refractivity contribution is 0.0997. The summed E-state index contributed by atoms with van der Waals surface area (Å²) < 4.78 is 19.6. The Morgan fingerprint density at radius 2 is 2.35 bits per heavy atom. The Balaban J connectivity index is 2.09. The average Bonchev–Trinajstić information content (AvgIpc) is 2.79. The van der Waals surface area contributed by atoms with Gasteiger partial charge in [-0.15, -0.1) is 0 Å². The monoisotopic (exact) mass is 350 g/mol. The molecule has 3 nitrogen and oxygen atoms in total. The third-order valence-corrected chi connectivity index (χ3v) is 3.82. The third-order valence-electron chi connectivity index (χ3n) is 3.00. The van der Waals surface area contributed by atoms with Crippen molar-refractivity contribution >= 4 is 34.0 Å². The first-order chi connectivity index (χ1) is 8.08. The molecule has 17 heavy (non-hydrogen) atoms. The van der Waals surface area contributed by atoms with E-state index in [0.717, 1.165) is 19.4 Å². The minimum atomic E-state index is -0.248. The summed E-state index contributed by atoms with van der Waals surface area (Å²) in [5.41, 5.74) is 7.08. The molecule has 2 atom stereocenters. The zero-order chi connectivity index (χ0) is 12.4. The summed E-state index contributed by atoms with van der Waals surface area (Å²) in [5, 5.41) is 3.23. The number of halogens is 2. The zero-order valence-electron chi connectivity index (χ0n) is 9.67. The highest BCUT2D eigenvalue weighted by Gasteiger charge is 2.22. The van der Waals surface area contributed by atoms with Crippen LogP contribution in [-0.2, 0) is 4.74 Å². The lowest BCUT2D eigenvalue weighted by atomic mass is 10.1. The molecule has 5 heteroatoms. The second-order valence-corrected chi connectivity index (χ2v) is 5.50. The van der Waals surface area contributed by atoms with Crippen LogP contribution in [0.25, 0.3) is 0 Å². The molecule has 1 aliphatic heterocycles. The van der Waals surface area contributed by atoms with E-state index >= 15 is 0 Å². The molecule has 1 aliphatic rings. The van der Waals surface area contributed by atoms with Crippen molar-refractivity contribution in [3.05, 3.63) is 21.5 Å². The van der Waals surface area contributed by atoms with Crippen LogP contribution in [0.1, 0.15) is 19.8 Å². The highest BCUT2D eigenvalue weighted by Crippen LogP contribution is 2.26. The predicted molar refractivity (Wildman–Crippen MR) is 75.6 cm³/mol. The summed E-state index contributed by atoms with van der Waals surface area (Å²) in [6, 6.07) is 3.22. The van der Waals surface area contributed by atoms with E-state index in [-0.39, 0.29) is 18.0 Å². The first-order valence-electron chi connectivity index (χ1n) is 5.70. The lowest BCUT2D eigenvalue weighted by Crippen LogP contribution is -2.30. The van der Waals surface area contributed by atoms with Gasteiger partial charge in [0.15, 0.2) is 0 Å². The van der Waals surface area contributed by atoms with Crippen LogP contribution in [0.5, 0.6) is 0 Å². The van der Waals surface area contributed by atoms with Gasteiger partial charge in [0.2, 0.25) is 0 Å². The fraction of sp³-hybridized carbons (Fsp3) is 0.500. The van der Waals surface area contributed by atoms with Crippen LogP contribution in [0.4, 0.5) is 15.8 Å². The van der Waals surface area contributed by atoms with Crippen molar-refractivity contribution in [3.8, 4) is 0 Å². The summed E-state index contributed by atoms with van der Waals surface area (Å²) in [5.74, 6) is -0.248. The van der Waals surface area contributed by atoms with Gasteiger partial charge in [0.25, 0.3) is 0 Å². The van der Waals surface area contributed by atoms with Crippen molar-refractivity contribution in [1.82, 2.24) is 0 Å². The Morgan fingerprint density at radius 1 is 1.59 bits per heavy atom.